The van der Waals surface area contributed by atoms with E-state index in [1.807, 2.05) is 36.4 Å². The smallest absolute Gasteiger partial charge is 0.323 e. The summed E-state index contributed by atoms with van der Waals surface area (Å²) in [6.45, 7) is 13.8. The Balaban J connectivity index is 1.74. The fourth-order valence-corrected chi connectivity index (χ4v) is 4.45. The van der Waals surface area contributed by atoms with Crippen molar-refractivity contribution in [1.82, 2.24) is 10.2 Å². The zero-order valence-corrected chi connectivity index (χ0v) is 21.7. The number of anilines is 3. The van der Waals surface area contributed by atoms with E-state index in [2.05, 4.69) is 53.4 Å². The Kier molecular flexibility index (Phi) is 9.97. The van der Waals surface area contributed by atoms with Gasteiger partial charge in [-0.25, -0.2) is 4.79 Å². The highest BCUT2D eigenvalue weighted by molar-refractivity contribution is 6.04. The van der Waals surface area contributed by atoms with Crippen molar-refractivity contribution in [3.8, 4) is 0 Å². The minimum atomic E-state index is -0.328. The first kappa shape index (κ1) is 26.5. The predicted molar refractivity (Wildman–Crippen MR) is 146 cm³/mol. The average Bonchev–Trinajstić information content (AvgIpc) is 2.87. The molecule has 0 unspecified atom stereocenters. The number of hydrogen-bond acceptors (Lipinski definition) is 4. The van der Waals surface area contributed by atoms with Gasteiger partial charge >= 0.3 is 6.03 Å². The second-order valence-electron chi connectivity index (χ2n) is 9.32. The molecule has 0 saturated carbocycles. The van der Waals surface area contributed by atoms with E-state index in [1.54, 1.807) is 6.07 Å². The van der Waals surface area contributed by atoms with Gasteiger partial charge in [-0.15, -0.1) is 0 Å². The maximum absolute atomic E-state index is 13.2. The van der Waals surface area contributed by atoms with E-state index in [-0.39, 0.29) is 11.9 Å². The molecule has 190 valence electrons. The summed E-state index contributed by atoms with van der Waals surface area (Å²) in [6, 6.07) is 13.1. The van der Waals surface area contributed by atoms with Crippen molar-refractivity contribution in [3.05, 3.63) is 53.6 Å². The Labute approximate surface area is 210 Å². The summed E-state index contributed by atoms with van der Waals surface area (Å²) in [5.41, 5.74) is 4.03. The third-order valence-electron chi connectivity index (χ3n) is 6.82. The lowest BCUT2D eigenvalue weighted by Gasteiger charge is -2.33. The largest absolute Gasteiger partial charge is 0.371 e. The minimum Gasteiger partial charge on any atom is -0.371 e. The molecule has 7 heteroatoms. The van der Waals surface area contributed by atoms with Crippen molar-refractivity contribution in [2.24, 2.45) is 5.92 Å². The summed E-state index contributed by atoms with van der Waals surface area (Å²) < 4.78 is 0. The Morgan fingerprint density at radius 1 is 0.971 bits per heavy atom. The molecule has 1 aliphatic heterocycles. The molecule has 0 aliphatic carbocycles. The van der Waals surface area contributed by atoms with Gasteiger partial charge in [-0.2, -0.15) is 0 Å². The predicted octanol–water partition coefficient (Wildman–Crippen LogP) is 5.20. The minimum absolute atomic E-state index is 0.106. The summed E-state index contributed by atoms with van der Waals surface area (Å²) in [4.78, 5) is 30.5. The number of carbonyl (C=O) groups is 2. The maximum Gasteiger partial charge on any atom is 0.323 e. The molecule has 0 bridgehead atoms. The summed E-state index contributed by atoms with van der Waals surface area (Å²) >= 11 is 0. The Hall–Kier alpha value is -3.06. The highest BCUT2D eigenvalue weighted by Crippen LogP contribution is 2.29. The first-order chi connectivity index (χ1) is 16.9. The molecule has 3 rings (SSSR count). The van der Waals surface area contributed by atoms with Crippen molar-refractivity contribution in [2.75, 3.05) is 54.8 Å². The number of hydrogen-bond donors (Lipinski definition) is 3. The lowest BCUT2D eigenvalue weighted by molar-refractivity contribution is 0.0949. The second-order valence-corrected chi connectivity index (χ2v) is 9.32. The van der Waals surface area contributed by atoms with Gasteiger partial charge in [0.15, 0.2) is 0 Å². The van der Waals surface area contributed by atoms with Crippen LogP contribution in [-0.2, 0) is 6.42 Å². The number of piperidine rings is 1. The zero-order chi connectivity index (χ0) is 25.2. The number of rotatable bonds is 10. The Morgan fingerprint density at radius 2 is 1.66 bits per heavy atom. The van der Waals surface area contributed by atoms with Crippen molar-refractivity contribution in [2.45, 2.75) is 47.0 Å². The number of nitrogens with zero attached hydrogens (tertiary/aromatic N) is 2. The van der Waals surface area contributed by atoms with Crippen LogP contribution >= 0.6 is 0 Å². The third-order valence-corrected chi connectivity index (χ3v) is 6.82. The molecule has 1 heterocycles. The summed E-state index contributed by atoms with van der Waals surface area (Å²) in [5, 5.41) is 8.87. The van der Waals surface area contributed by atoms with Crippen molar-refractivity contribution in [1.29, 1.82) is 0 Å². The summed E-state index contributed by atoms with van der Waals surface area (Å²) in [6.07, 6.45) is 3.13. The third kappa shape index (κ3) is 7.72. The molecular formula is C28H41N5O2. The molecule has 0 aromatic heterocycles. The van der Waals surface area contributed by atoms with Crippen molar-refractivity contribution in [3.63, 3.8) is 0 Å². The van der Waals surface area contributed by atoms with Crippen LogP contribution in [0.25, 0.3) is 0 Å². The number of benzene rings is 2. The number of nitrogens with one attached hydrogen (secondary N) is 3. The molecule has 7 nitrogen and oxygen atoms in total. The molecule has 3 amide bonds. The van der Waals surface area contributed by atoms with E-state index in [1.165, 1.54) is 0 Å². The highest BCUT2D eigenvalue weighted by atomic mass is 16.2. The number of urea groups is 1. The molecule has 35 heavy (non-hydrogen) atoms. The topological polar surface area (TPSA) is 76.7 Å². The molecule has 1 aliphatic rings. The van der Waals surface area contributed by atoms with Crippen LogP contribution < -0.4 is 20.9 Å². The number of likely N-dealkylation sites (N-methyl/N-ethyl adjacent to an activating group) is 1. The molecular weight excluding hydrogens is 438 g/mol. The Bertz CT molecular complexity index is 981. The average molecular weight is 480 g/mol. The van der Waals surface area contributed by atoms with Gasteiger partial charge in [-0.3, -0.25) is 4.79 Å². The molecule has 2 aromatic carbocycles. The van der Waals surface area contributed by atoms with Gasteiger partial charge in [0.25, 0.3) is 5.91 Å². The van der Waals surface area contributed by atoms with Crippen LogP contribution in [0.5, 0.6) is 0 Å². The first-order valence-electron chi connectivity index (χ1n) is 13.0. The van der Waals surface area contributed by atoms with Crippen LogP contribution in [0.15, 0.2) is 42.5 Å². The van der Waals surface area contributed by atoms with Crippen LogP contribution in [0.4, 0.5) is 21.9 Å². The molecule has 0 atom stereocenters. The van der Waals surface area contributed by atoms with Crippen molar-refractivity contribution >= 4 is 29.0 Å². The van der Waals surface area contributed by atoms with Crippen LogP contribution in [0, 0.1) is 5.92 Å². The van der Waals surface area contributed by atoms with E-state index in [9.17, 15) is 9.59 Å². The van der Waals surface area contributed by atoms with Crippen LogP contribution in [0.3, 0.4) is 0 Å². The lowest BCUT2D eigenvalue weighted by atomic mass is 9.98. The number of carbonyl (C=O) groups excluding carboxylic acids is 2. The lowest BCUT2D eigenvalue weighted by Crippen LogP contribution is -2.37. The molecule has 1 fully saturated rings. The second kappa shape index (κ2) is 13.1. The van der Waals surface area contributed by atoms with Gasteiger partial charge < -0.3 is 25.8 Å². The van der Waals surface area contributed by atoms with Gasteiger partial charge in [0.1, 0.15) is 0 Å². The fourth-order valence-electron chi connectivity index (χ4n) is 4.45. The van der Waals surface area contributed by atoms with Crippen LogP contribution in [-0.4, -0.2) is 56.1 Å². The van der Waals surface area contributed by atoms with Gasteiger partial charge in [-0.1, -0.05) is 39.8 Å². The van der Waals surface area contributed by atoms with Gasteiger partial charge in [0.05, 0.1) is 5.56 Å². The highest BCUT2D eigenvalue weighted by Gasteiger charge is 2.22. The number of amides is 3. The molecule has 0 radical (unpaired) electrons. The Morgan fingerprint density at radius 3 is 2.31 bits per heavy atom. The van der Waals surface area contributed by atoms with Crippen molar-refractivity contribution < 1.29 is 9.59 Å². The normalized spacial score (nSPS) is 14.1. The standard InChI is InChI=1S/C28H41N5O2/c1-5-22-9-8-10-23(19-22)30-28(35)31-24-11-12-26(33-16-13-21(4)14-17-33)25(20-24)27(34)29-15-18-32(6-2)7-3/h8-12,19-21H,5-7,13-18H2,1-4H3,(H,29,34)(H2,30,31,35). The molecule has 3 N–H and O–H groups in total. The van der Waals surface area contributed by atoms with E-state index in [0.29, 0.717) is 23.7 Å². The summed E-state index contributed by atoms with van der Waals surface area (Å²) in [5.74, 6) is 0.596. The molecule has 0 spiro atoms. The number of aryl methyl sites for hydroxylation is 1. The van der Waals surface area contributed by atoms with Gasteiger partial charge in [0.2, 0.25) is 0 Å². The van der Waals surface area contributed by atoms with Crippen LogP contribution in [0.2, 0.25) is 0 Å². The monoisotopic (exact) mass is 479 g/mol. The van der Waals surface area contributed by atoms with Gasteiger partial charge in [-0.05, 0) is 74.2 Å². The zero-order valence-electron chi connectivity index (χ0n) is 21.7. The molecule has 1 saturated heterocycles. The maximum atomic E-state index is 13.2. The van der Waals surface area contributed by atoms with E-state index < -0.39 is 0 Å². The van der Waals surface area contributed by atoms with E-state index in [0.717, 1.165) is 68.9 Å². The fraction of sp³-hybridized carbons (Fsp3) is 0.500. The van der Waals surface area contributed by atoms with Gasteiger partial charge in [0, 0.05) is 43.2 Å². The quantitative estimate of drug-likeness (QED) is 0.438. The SMILES string of the molecule is CCc1cccc(NC(=O)Nc2ccc(N3CCC(C)CC3)c(C(=O)NCCN(CC)CC)c2)c1. The van der Waals surface area contributed by atoms with E-state index in [4.69, 9.17) is 0 Å². The first-order valence-corrected chi connectivity index (χ1v) is 13.0. The summed E-state index contributed by atoms with van der Waals surface area (Å²) in [7, 11) is 0. The molecule has 2 aromatic rings. The van der Waals surface area contributed by atoms with E-state index >= 15 is 0 Å². The van der Waals surface area contributed by atoms with Crippen LogP contribution in [0.1, 0.15) is 56.5 Å².